The van der Waals surface area contributed by atoms with Crippen molar-refractivity contribution in [3.8, 4) is 0 Å². The first kappa shape index (κ1) is 11.7. The summed E-state index contributed by atoms with van der Waals surface area (Å²) >= 11 is 0. The SMILES string of the molecule is Nc1ncc([N+](=O)[O-])c(NCCc2ncno2)n1. The first-order valence-electron chi connectivity index (χ1n) is 4.93. The summed E-state index contributed by atoms with van der Waals surface area (Å²) in [5, 5.41) is 16.9. The first-order valence-corrected chi connectivity index (χ1v) is 4.93. The summed E-state index contributed by atoms with van der Waals surface area (Å²) in [7, 11) is 0. The average Bonchev–Trinajstić information content (AvgIpc) is 2.82. The molecule has 2 rings (SSSR count). The molecule has 0 bridgehead atoms. The lowest BCUT2D eigenvalue weighted by molar-refractivity contribution is -0.384. The molecule has 2 heterocycles. The van der Waals surface area contributed by atoms with E-state index in [4.69, 9.17) is 10.3 Å². The van der Waals surface area contributed by atoms with Gasteiger partial charge in [-0.05, 0) is 0 Å². The predicted octanol–water partition coefficient (Wildman–Crippen LogP) is 0.00460. The minimum atomic E-state index is -0.589. The van der Waals surface area contributed by atoms with Gasteiger partial charge in [0.25, 0.3) is 0 Å². The predicted molar refractivity (Wildman–Crippen MR) is 59.6 cm³/mol. The van der Waals surface area contributed by atoms with Crippen LogP contribution in [0.5, 0.6) is 0 Å². The van der Waals surface area contributed by atoms with Crippen LogP contribution in [0, 0.1) is 10.1 Å². The van der Waals surface area contributed by atoms with Crippen LogP contribution in [0.1, 0.15) is 5.89 Å². The normalized spacial score (nSPS) is 10.2. The van der Waals surface area contributed by atoms with Gasteiger partial charge in [0.1, 0.15) is 6.20 Å². The molecule has 10 nitrogen and oxygen atoms in total. The number of nitrogen functional groups attached to an aromatic ring is 1. The molecule has 0 aromatic carbocycles. The molecule has 0 atom stereocenters. The van der Waals surface area contributed by atoms with Gasteiger partial charge in [-0.2, -0.15) is 9.97 Å². The third-order valence-electron chi connectivity index (χ3n) is 2.02. The molecule has 2 aromatic rings. The lowest BCUT2D eigenvalue weighted by atomic mass is 10.4. The summed E-state index contributed by atoms with van der Waals surface area (Å²) in [5.74, 6) is 0.445. The Morgan fingerprint density at radius 1 is 1.50 bits per heavy atom. The Bertz CT molecular complexity index is 542. The molecule has 0 unspecified atom stereocenters. The quantitative estimate of drug-likeness (QED) is 0.553. The highest BCUT2D eigenvalue weighted by molar-refractivity contribution is 5.56. The van der Waals surface area contributed by atoms with Crippen molar-refractivity contribution in [1.29, 1.82) is 0 Å². The molecule has 0 saturated heterocycles. The molecule has 0 aliphatic carbocycles. The lowest BCUT2D eigenvalue weighted by Gasteiger charge is -2.04. The molecule has 18 heavy (non-hydrogen) atoms. The minimum Gasteiger partial charge on any atom is -0.368 e. The molecular formula is C8H9N7O3. The van der Waals surface area contributed by atoms with Gasteiger partial charge in [0.15, 0.2) is 6.33 Å². The molecule has 94 valence electrons. The molecule has 0 aliphatic heterocycles. The highest BCUT2D eigenvalue weighted by Crippen LogP contribution is 2.20. The monoisotopic (exact) mass is 251 g/mol. The first-order chi connectivity index (χ1) is 8.66. The summed E-state index contributed by atoms with van der Waals surface area (Å²) in [5.41, 5.74) is 5.13. The fourth-order valence-electron chi connectivity index (χ4n) is 1.25. The van der Waals surface area contributed by atoms with Crippen molar-refractivity contribution in [2.24, 2.45) is 0 Å². The largest absolute Gasteiger partial charge is 0.368 e. The molecular weight excluding hydrogens is 242 g/mol. The van der Waals surface area contributed by atoms with Gasteiger partial charge in [0.2, 0.25) is 17.7 Å². The molecule has 3 N–H and O–H groups in total. The zero-order valence-corrected chi connectivity index (χ0v) is 9.11. The van der Waals surface area contributed by atoms with Crippen LogP contribution in [0.25, 0.3) is 0 Å². The molecule has 10 heteroatoms. The van der Waals surface area contributed by atoms with Crippen molar-refractivity contribution < 1.29 is 9.45 Å². The maximum atomic E-state index is 10.7. The number of hydrogen-bond donors (Lipinski definition) is 2. The topological polar surface area (TPSA) is 146 Å². The van der Waals surface area contributed by atoms with E-state index in [1.165, 1.54) is 6.33 Å². The second kappa shape index (κ2) is 5.03. The van der Waals surface area contributed by atoms with E-state index in [9.17, 15) is 10.1 Å². The van der Waals surface area contributed by atoms with Crippen molar-refractivity contribution in [2.75, 3.05) is 17.6 Å². The van der Waals surface area contributed by atoms with Crippen LogP contribution in [-0.4, -0.2) is 31.6 Å². The maximum absolute atomic E-state index is 10.7. The van der Waals surface area contributed by atoms with E-state index in [0.29, 0.717) is 18.9 Å². The number of nitrogens with two attached hydrogens (primary N) is 1. The van der Waals surface area contributed by atoms with Gasteiger partial charge >= 0.3 is 5.69 Å². The average molecular weight is 251 g/mol. The van der Waals surface area contributed by atoms with Crippen molar-refractivity contribution >= 4 is 17.5 Å². The number of nitro groups is 1. The second-order valence-corrected chi connectivity index (χ2v) is 3.23. The lowest BCUT2D eigenvalue weighted by Crippen LogP contribution is -2.10. The number of aromatic nitrogens is 4. The van der Waals surface area contributed by atoms with Gasteiger partial charge in [0, 0.05) is 13.0 Å². The second-order valence-electron chi connectivity index (χ2n) is 3.23. The Morgan fingerprint density at radius 3 is 3.00 bits per heavy atom. The van der Waals surface area contributed by atoms with E-state index in [1.54, 1.807) is 0 Å². The maximum Gasteiger partial charge on any atom is 0.329 e. The Hall–Kier alpha value is -2.78. The number of anilines is 2. The molecule has 0 radical (unpaired) electrons. The fourth-order valence-corrected chi connectivity index (χ4v) is 1.25. The highest BCUT2D eigenvalue weighted by atomic mass is 16.6. The van der Waals surface area contributed by atoms with Crippen LogP contribution < -0.4 is 11.1 Å². The van der Waals surface area contributed by atoms with Gasteiger partial charge in [-0.3, -0.25) is 10.1 Å². The standard InChI is InChI=1S/C8H9N7O3/c9-8-11-3-5(15(16)17)7(14-8)10-2-1-6-12-4-13-18-6/h3-4H,1-2H2,(H3,9,10,11,14). The number of rotatable bonds is 5. The van der Waals surface area contributed by atoms with Crippen LogP contribution in [0.3, 0.4) is 0 Å². The van der Waals surface area contributed by atoms with Gasteiger partial charge in [-0.1, -0.05) is 5.16 Å². The molecule has 2 aromatic heterocycles. The fraction of sp³-hybridized carbons (Fsp3) is 0.250. The zero-order valence-electron chi connectivity index (χ0n) is 9.11. The van der Waals surface area contributed by atoms with Gasteiger partial charge in [-0.25, -0.2) is 4.98 Å². The molecule has 0 aliphatic rings. The van der Waals surface area contributed by atoms with Crippen LogP contribution >= 0.6 is 0 Å². The smallest absolute Gasteiger partial charge is 0.329 e. The Labute approximate surface area is 100 Å². The van der Waals surface area contributed by atoms with Crippen molar-refractivity contribution in [3.63, 3.8) is 0 Å². The van der Waals surface area contributed by atoms with Crippen LogP contribution in [0.2, 0.25) is 0 Å². The van der Waals surface area contributed by atoms with E-state index in [0.717, 1.165) is 6.20 Å². The van der Waals surface area contributed by atoms with Gasteiger partial charge < -0.3 is 15.6 Å². The van der Waals surface area contributed by atoms with Crippen LogP contribution in [-0.2, 0) is 6.42 Å². The van der Waals surface area contributed by atoms with E-state index in [1.807, 2.05) is 0 Å². The van der Waals surface area contributed by atoms with E-state index in [-0.39, 0.29) is 17.5 Å². The third kappa shape index (κ3) is 2.66. The van der Waals surface area contributed by atoms with Crippen LogP contribution in [0.15, 0.2) is 17.0 Å². The Morgan fingerprint density at radius 2 is 2.33 bits per heavy atom. The number of nitrogens with one attached hydrogen (secondary N) is 1. The van der Waals surface area contributed by atoms with Crippen molar-refractivity contribution in [3.05, 3.63) is 28.5 Å². The number of hydrogen-bond acceptors (Lipinski definition) is 9. The van der Waals surface area contributed by atoms with Crippen molar-refractivity contribution in [1.82, 2.24) is 20.1 Å². The summed E-state index contributed by atoms with van der Waals surface area (Å²) in [6.07, 6.45) is 2.75. The van der Waals surface area contributed by atoms with Crippen molar-refractivity contribution in [2.45, 2.75) is 6.42 Å². The summed E-state index contributed by atoms with van der Waals surface area (Å²) in [6, 6.07) is 0. The summed E-state index contributed by atoms with van der Waals surface area (Å²) in [6.45, 7) is 0.347. The van der Waals surface area contributed by atoms with E-state index in [2.05, 4.69) is 25.4 Å². The van der Waals surface area contributed by atoms with Gasteiger partial charge in [0.05, 0.1) is 4.92 Å². The molecule has 0 fully saturated rings. The van der Waals surface area contributed by atoms with E-state index >= 15 is 0 Å². The molecule has 0 spiro atoms. The zero-order chi connectivity index (χ0) is 13.0. The summed E-state index contributed by atoms with van der Waals surface area (Å²) < 4.78 is 4.78. The van der Waals surface area contributed by atoms with Gasteiger partial charge in [-0.15, -0.1) is 0 Å². The summed E-state index contributed by atoms with van der Waals surface area (Å²) in [4.78, 5) is 21.3. The third-order valence-corrected chi connectivity index (χ3v) is 2.02. The van der Waals surface area contributed by atoms with Crippen LogP contribution in [0.4, 0.5) is 17.5 Å². The molecule has 0 amide bonds. The minimum absolute atomic E-state index is 0.0408. The van der Waals surface area contributed by atoms with E-state index < -0.39 is 4.92 Å². The number of nitrogens with zero attached hydrogens (tertiary/aromatic N) is 5. The highest BCUT2D eigenvalue weighted by Gasteiger charge is 2.16. The Balaban J connectivity index is 2.03. The molecule has 0 saturated carbocycles. The Kier molecular flexibility index (Phi) is 3.27.